The maximum atomic E-state index is 3.58. The fraction of sp³-hybridized carbons (Fsp3) is 0.538. The van der Waals surface area contributed by atoms with Crippen LogP contribution in [-0.4, -0.2) is 18.3 Å². The van der Waals surface area contributed by atoms with E-state index in [0.29, 0.717) is 0 Å². The molecule has 0 amide bonds. The molecule has 2 heteroatoms. The lowest BCUT2D eigenvalue weighted by Gasteiger charge is -2.22. The first-order valence-electron chi connectivity index (χ1n) is 5.77. The van der Waals surface area contributed by atoms with Gasteiger partial charge in [-0.05, 0) is 38.4 Å². The molecule has 0 radical (unpaired) electrons. The molecule has 1 aliphatic rings. The first-order valence-corrected chi connectivity index (χ1v) is 6.76. The molecule has 1 saturated heterocycles. The average molecular weight is 221 g/mol. The summed E-state index contributed by atoms with van der Waals surface area (Å²) < 4.78 is 0. The van der Waals surface area contributed by atoms with Gasteiger partial charge in [-0.25, -0.2) is 0 Å². The highest BCUT2D eigenvalue weighted by Gasteiger charge is 2.12. The van der Waals surface area contributed by atoms with Crippen LogP contribution in [0.5, 0.6) is 0 Å². The van der Waals surface area contributed by atoms with Crippen molar-refractivity contribution >= 4 is 11.8 Å². The molecular weight excluding hydrogens is 202 g/mol. The molecular formula is C13H19NS. The van der Waals surface area contributed by atoms with Gasteiger partial charge in [-0.1, -0.05) is 24.1 Å². The zero-order chi connectivity index (χ0) is 10.5. The summed E-state index contributed by atoms with van der Waals surface area (Å²) in [4.78, 5) is 1.40. The second-order valence-corrected chi connectivity index (χ2v) is 5.36. The molecule has 0 unspecified atom stereocenters. The second-order valence-electron chi connectivity index (χ2n) is 4.27. The van der Waals surface area contributed by atoms with Crippen molar-refractivity contribution in [3.8, 4) is 0 Å². The quantitative estimate of drug-likeness (QED) is 0.787. The van der Waals surface area contributed by atoms with Crippen LogP contribution in [0.1, 0.15) is 24.8 Å². The summed E-state index contributed by atoms with van der Waals surface area (Å²) in [5, 5.41) is 3.58. The average Bonchev–Trinajstić information content (AvgIpc) is 2.30. The molecule has 2 rings (SSSR count). The minimum Gasteiger partial charge on any atom is -0.313 e. The topological polar surface area (TPSA) is 12.0 Å². The Morgan fingerprint density at radius 2 is 2.07 bits per heavy atom. The van der Waals surface area contributed by atoms with Gasteiger partial charge >= 0.3 is 0 Å². The normalized spacial score (nSPS) is 21.5. The molecule has 1 aromatic rings. The number of rotatable bonds is 3. The molecule has 0 aromatic heterocycles. The maximum absolute atomic E-state index is 3.58. The fourth-order valence-electron chi connectivity index (χ4n) is 1.90. The smallest absolute Gasteiger partial charge is 0.0161 e. The lowest BCUT2D eigenvalue weighted by atomic mass is 10.1. The van der Waals surface area contributed by atoms with Crippen molar-refractivity contribution in [1.82, 2.24) is 5.32 Å². The van der Waals surface area contributed by atoms with E-state index in [4.69, 9.17) is 0 Å². The number of benzene rings is 1. The lowest BCUT2D eigenvalue weighted by molar-refractivity contribution is 0.430. The Kier molecular flexibility index (Phi) is 4.09. The summed E-state index contributed by atoms with van der Waals surface area (Å²) in [6.07, 6.45) is 4.09. The fourth-order valence-corrected chi connectivity index (χ4v) is 2.90. The third-order valence-corrected chi connectivity index (χ3v) is 4.06. The summed E-state index contributed by atoms with van der Waals surface area (Å²) in [6, 6.07) is 9.56. The van der Waals surface area contributed by atoms with Crippen LogP contribution in [-0.2, 0) is 0 Å². The van der Waals surface area contributed by atoms with Gasteiger partial charge in [0.15, 0.2) is 0 Å². The van der Waals surface area contributed by atoms with E-state index < -0.39 is 0 Å². The van der Waals surface area contributed by atoms with Gasteiger partial charge < -0.3 is 5.32 Å². The van der Waals surface area contributed by atoms with E-state index in [-0.39, 0.29) is 0 Å². The van der Waals surface area contributed by atoms with E-state index in [2.05, 4.69) is 36.5 Å². The van der Waals surface area contributed by atoms with Crippen molar-refractivity contribution in [3.05, 3.63) is 29.8 Å². The van der Waals surface area contributed by atoms with Crippen LogP contribution in [0.2, 0.25) is 0 Å². The lowest BCUT2D eigenvalue weighted by Crippen LogP contribution is -2.35. The third kappa shape index (κ3) is 3.54. The molecule has 0 bridgehead atoms. The summed E-state index contributed by atoms with van der Waals surface area (Å²) in [6.45, 7) is 3.34. The van der Waals surface area contributed by atoms with Crippen LogP contribution in [0.15, 0.2) is 29.2 Å². The first-order chi connectivity index (χ1) is 7.34. The van der Waals surface area contributed by atoms with Crippen LogP contribution in [0.25, 0.3) is 0 Å². The van der Waals surface area contributed by atoms with Crippen LogP contribution < -0.4 is 5.32 Å². The van der Waals surface area contributed by atoms with Crippen LogP contribution in [0, 0.1) is 6.92 Å². The zero-order valence-corrected chi connectivity index (χ0v) is 10.1. The third-order valence-electron chi connectivity index (χ3n) is 2.88. The Bertz CT molecular complexity index is 288. The van der Waals surface area contributed by atoms with Crippen LogP contribution >= 0.6 is 11.8 Å². The number of aryl methyl sites for hydroxylation is 1. The molecule has 15 heavy (non-hydrogen) atoms. The SMILES string of the molecule is Cc1ccc(SC[C@@H]2CCCCN2)cc1. The maximum Gasteiger partial charge on any atom is 0.0161 e. The number of piperidine rings is 1. The highest BCUT2D eigenvalue weighted by molar-refractivity contribution is 7.99. The minimum atomic E-state index is 0.727. The first kappa shape index (κ1) is 11.0. The van der Waals surface area contributed by atoms with Crippen molar-refractivity contribution < 1.29 is 0 Å². The van der Waals surface area contributed by atoms with Crippen LogP contribution in [0.3, 0.4) is 0 Å². The van der Waals surface area contributed by atoms with Gasteiger partial charge in [0, 0.05) is 16.7 Å². The number of hydrogen-bond acceptors (Lipinski definition) is 2. The van der Waals surface area contributed by atoms with Gasteiger partial charge in [0.05, 0.1) is 0 Å². The van der Waals surface area contributed by atoms with Crippen molar-refractivity contribution in [1.29, 1.82) is 0 Å². The molecule has 0 saturated carbocycles. The summed E-state index contributed by atoms with van der Waals surface area (Å²) in [5.74, 6) is 1.21. The second kappa shape index (κ2) is 5.57. The van der Waals surface area contributed by atoms with Gasteiger partial charge in [0.1, 0.15) is 0 Å². The molecule has 1 N–H and O–H groups in total. The Morgan fingerprint density at radius 3 is 2.73 bits per heavy atom. The molecule has 1 fully saturated rings. The van der Waals surface area contributed by atoms with E-state index in [1.165, 1.54) is 42.0 Å². The van der Waals surface area contributed by atoms with Gasteiger partial charge in [0.25, 0.3) is 0 Å². The summed E-state index contributed by atoms with van der Waals surface area (Å²) in [7, 11) is 0. The largest absolute Gasteiger partial charge is 0.313 e. The molecule has 1 heterocycles. The summed E-state index contributed by atoms with van der Waals surface area (Å²) >= 11 is 1.97. The predicted octanol–water partition coefficient (Wildman–Crippen LogP) is 3.23. The number of thioether (sulfide) groups is 1. The highest BCUT2D eigenvalue weighted by Crippen LogP contribution is 2.21. The molecule has 1 nitrogen and oxygen atoms in total. The predicted molar refractivity (Wildman–Crippen MR) is 67.5 cm³/mol. The Morgan fingerprint density at radius 1 is 1.27 bits per heavy atom. The van der Waals surface area contributed by atoms with Crippen LogP contribution in [0.4, 0.5) is 0 Å². The molecule has 0 aliphatic carbocycles. The summed E-state index contributed by atoms with van der Waals surface area (Å²) in [5.41, 5.74) is 1.34. The van der Waals surface area contributed by atoms with E-state index in [1.807, 2.05) is 11.8 Å². The van der Waals surface area contributed by atoms with E-state index in [9.17, 15) is 0 Å². The standard InChI is InChI=1S/C13H19NS/c1-11-5-7-13(8-6-11)15-10-12-4-2-3-9-14-12/h5-8,12,14H,2-4,9-10H2,1H3/t12-/m0/s1. The zero-order valence-electron chi connectivity index (χ0n) is 9.33. The van der Waals surface area contributed by atoms with E-state index >= 15 is 0 Å². The Labute approximate surface area is 96.7 Å². The molecule has 82 valence electrons. The molecule has 1 atom stereocenters. The number of nitrogens with one attached hydrogen (secondary N) is 1. The number of hydrogen-bond donors (Lipinski definition) is 1. The van der Waals surface area contributed by atoms with Gasteiger partial charge in [-0.3, -0.25) is 0 Å². The molecule has 1 aliphatic heterocycles. The van der Waals surface area contributed by atoms with Crippen molar-refractivity contribution in [3.63, 3.8) is 0 Å². The van der Waals surface area contributed by atoms with Gasteiger partial charge in [0.2, 0.25) is 0 Å². The Hall–Kier alpha value is -0.470. The van der Waals surface area contributed by atoms with Crippen molar-refractivity contribution in [2.45, 2.75) is 37.1 Å². The minimum absolute atomic E-state index is 0.727. The van der Waals surface area contributed by atoms with Crippen molar-refractivity contribution in [2.75, 3.05) is 12.3 Å². The Balaban J connectivity index is 1.79. The van der Waals surface area contributed by atoms with Gasteiger partial charge in [-0.2, -0.15) is 0 Å². The van der Waals surface area contributed by atoms with E-state index in [1.54, 1.807) is 0 Å². The van der Waals surface area contributed by atoms with Gasteiger partial charge in [-0.15, -0.1) is 11.8 Å². The van der Waals surface area contributed by atoms with E-state index in [0.717, 1.165) is 6.04 Å². The highest BCUT2D eigenvalue weighted by atomic mass is 32.2. The van der Waals surface area contributed by atoms with Crippen molar-refractivity contribution in [2.24, 2.45) is 0 Å². The molecule has 1 aromatic carbocycles. The molecule has 0 spiro atoms. The monoisotopic (exact) mass is 221 g/mol.